The minimum atomic E-state index is -0.189. The Labute approximate surface area is 181 Å². The maximum atomic E-state index is 14.3. The summed E-state index contributed by atoms with van der Waals surface area (Å²) in [7, 11) is 3.31. The molecule has 8 nitrogen and oxygen atoms in total. The third-order valence-electron chi connectivity index (χ3n) is 5.62. The number of methoxy groups -OCH3 is 2. The van der Waals surface area contributed by atoms with Gasteiger partial charge in [-0.2, -0.15) is 0 Å². The van der Waals surface area contributed by atoms with E-state index in [0.717, 1.165) is 30.2 Å². The zero-order chi connectivity index (χ0) is 21.6. The van der Waals surface area contributed by atoms with E-state index in [2.05, 4.69) is 25.3 Å². The topological polar surface area (TPSA) is 68.5 Å². The van der Waals surface area contributed by atoms with Gasteiger partial charge in [-0.15, -0.1) is 5.10 Å². The number of halogens is 1. The van der Waals surface area contributed by atoms with Crippen molar-refractivity contribution in [3.05, 3.63) is 65.7 Å². The van der Waals surface area contributed by atoms with Crippen LogP contribution in [0.3, 0.4) is 0 Å². The number of benzene rings is 2. The Morgan fingerprint density at radius 1 is 1.00 bits per heavy atom. The first-order valence-corrected chi connectivity index (χ1v) is 10.3. The van der Waals surface area contributed by atoms with E-state index in [1.807, 2.05) is 36.4 Å². The van der Waals surface area contributed by atoms with E-state index in [4.69, 9.17) is 9.47 Å². The molecule has 0 aliphatic carbocycles. The molecule has 1 aromatic heterocycles. The zero-order valence-electron chi connectivity index (χ0n) is 17.8. The van der Waals surface area contributed by atoms with Crippen molar-refractivity contribution in [2.24, 2.45) is 0 Å². The van der Waals surface area contributed by atoms with Crippen LogP contribution in [0.1, 0.15) is 17.4 Å². The Hall–Kier alpha value is -3.04. The first kappa shape index (κ1) is 21.2. The SMILES string of the molecule is COCCn1nnnc1[C@@H](c1ccc(OC)cc1)N1CCN(c2ccccc2F)CC1. The lowest BCUT2D eigenvalue weighted by atomic mass is 10.0. The number of aromatic nitrogens is 4. The van der Waals surface area contributed by atoms with Crippen molar-refractivity contribution in [3.8, 4) is 5.75 Å². The zero-order valence-corrected chi connectivity index (χ0v) is 17.8. The highest BCUT2D eigenvalue weighted by molar-refractivity contribution is 5.48. The minimum absolute atomic E-state index is 0.125. The van der Waals surface area contributed by atoms with Crippen molar-refractivity contribution >= 4 is 5.69 Å². The molecule has 1 saturated heterocycles. The molecule has 2 aromatic carbocycles. The average Bonchev–Trinajstić information content (AvgIpc) is 3.27. The van der Waals surface area contributed by atoms with Crippen LogP contribution in [0.4, 0.5) is 10.1 Å². The first-order valence-electron chi connectivity index (χ1n) is 10.3. The summed E-state index contributed by atoms with van der Waals surface area (Å²) in [6, 6.07) is 14.8. The van der Waals surface area contributed by atoms with Crippen LogP contribution in [-0.4, -0.2) is 72.1 Å². The van der Waals surface area contributed by atoms with E-state index in [9.17, 15) is 4.39 Å². The lowest BCUT2D eigenvalue weighted by molar-refractivity contribution is 0.171. The fourth-order valence-corrected chi connectivity index (χ4v) is 3.98. The first-order chi connectivity index (χ1) is 15.2. The monoisotopic (exact) mass is 426 g/mol. The predicted octanol–water partition coefficient (Wildman–Crippen LogP) is 2.38. The van der Waals surface area contributed by atoms with Crippen LogP contribution < -0.4 is 9.64 Å². The third kappa shape index (κ3) is 4.67. The van der Waals surface area contributed by atoms with Crippen molar-refractivity contribution in [3.63, 3.8) is 0 Å². The van der Waals surface area contributed by atoms with Crippen LogP contribution in [0.15, 0.2) is 48.5 Å². The molecule has 3 aromatic rings. The standard InChI is InChI=1S/C22H27FN6O2/c1-30-16-15-29-22(24-25-26-29)21(17-7-9-18(31-2)10-8-17)28-13-11-27(12-14-28)20-6-4-3-5-19(20)23/h3-10,21H,11-16H2,1-2H3/t21-/m1/s1. The fourth-order valence-electron chi connectivity index (χ4n) is 3.98. The van der Waals surface area contributed by atoms with Gasteiger partial charge >= 0.3 is 0 Å². The molecule has 1 fully saturated rings. The number of tetrazole rings is 1. The van der Waals surface area contributed by atoms with E-state index in [1.54, 1.807) is 25.0 Å². The highest BCUT2D eigenvalue weighted by Crippen LogP contribution is 2.30. The summed E-state index contributed by atoms with van der Waals surface area (Å²) in [5, 5.41) is 12.4. The van der Waals surface area contributed by atoms with Gasteiger partial charge in [0.15, 0.2) is 5.82 Å². The average molecular weight is 426 g/mol. The number of rotatable bonds is 8. The molecule has 31 heavy (non-hydrogen) atoms. The second kappa shape index (κ2) is 9.84. The van der Waals surface area contributed by atoms with Gasteiger partial charge in [-0.05, 0) is 40.3 Å². The van der Waals surface area contributed by atoms with E-state index in [-0.39, 0.29) is 11.9 Å². The highest BCUT2D eigenvalue weighted by Gasteiger charge is 2.31. The van der Waals surface area contributed by atoms with Crippen molar-refractivity contribution in [2.75, 3.05) is 51.9 Å². The summed E-state index contributed by atoms with van der Waals surface area (Å²) >= 11 is 0. The maximum Gasteiger partial charge on any atom is 0.173 e. The van der Waals surface area contributed by atoms with E-state index >= 15 is 0 Å². The maximum absolute atomic E-state index is 14.3. The summed E-state index contributed by atoms with van der Waals surface area (Å²) in [5.41, 5.74) is 1.72. The number of para-hydroxylation sites is 1. The summed E-state index contributed by atoms with van der Waals surface area (Å²) < 4.78 is 26.6. The summed E-state index contributed by atoms with van der Waals surface area (Å²) in [4.78, 5) is 4.43. The van der Waals surface area contributed by atoms with Crippen molar-refractivity contribution in [1.29, 1.82) is 0 Å². The lowest BCUT2D eigenvalue weighted by Crippen LogP contribution is -2.48. The molecule has 0 saturated carbocycles. The van der Waals surface area contributed by atoms with Gasteiger partial charge in [-0.25, -0.2) is 9.07 Å². The number of ether oxygens (including phenoxy) is 2. The largest absolute Gasteiger partial charge is 0.497 e. The van der Waals surface area contributed by atoms with Gasteiger partial charge < -0.3 is 14.4 Å². The molecule has 0 amide bonds. The molecule has 0 bridgehead atoms. The summed E-state index contributed by atoms with van der Waals surface area (Å²) in [6.45, 7) is 4.03. The Bertz CT molecular complexity index is 972. The van der Waals surface area contributed by atoms with Gasteiger partial charge in [-0.1, -0.05) is 24.3 Å². The minimum Gasteiger partial charge on any atom is -0.497 e. The number of hydrogen-bond donors (Lipinski definition) is 0. The molecule has 164 valence electrons. The van der Waals surface area contributed by atoms with Gasteiger partial charge in [0.1, 0.15) is 11.6 Å². The molecule has 0 unspecified atom stereocenters. The van der Waals surface area contributed by atoms with Crippen LogP contribution in [0, 0.1) is 5.82 Å². The van der Waals surface area contributed by atoms with Gasteiger partial charge in [0.25, 0.3) is 0 Å². The molecular weight excluding hydrogens is 399 g/mol. The Morgan fingerprint density at radius 3 is 2.42 bits per heavy atom. The van der Waals surface area contributed by atoms with Crippen molar-refractivity contribution in [1.82, 2.24) is 25.1 Å². The van der Waals surface area contributed by atoms with Crippen LogP contribution in [-0.2, 0) is 11.3 Å². The smallest absolute Gasteiger partial charge is 0.173 e. The predicted molar refractivity (Wildman–Crippen MR) is 115 cm³/mol. The highest BCUT2D eigenvalue weighted by atomic mass is 19.1. The van der Waals surface area contributed by atoms with Crippen LogP contribution in [0.2, 0.25) is 0 Å². The molecule has 9 heteroatoms. The molecule has 0 radical (unpaired) electrons. The normalized spacial score (nSPS) is 15.8. The number of piperazine rings is 1. The summed E-state index contributed by atoms with van der Waals surface area (Å²) in [5.74, 6) is 1.37. The Balaban J connectivity index is 1.59. The molecular formula is C22H27FN6O2. The number of nitrogens with zero attached hydrogens (tertiary/aromatic N) is 6. The third-order valence-corrected chi connectivity index (χ3v) is 5.62. The Morgan fingerprint density at radius 2 is 1.74 bits per heavy atom. The molecule has 1 aliphatic heterocycles. The van der Waals surface area contributed by atoms with Gasteiger partial charge in [-0.3, -0.25) is 4.90 Å². The van der Waals surface area contributed by atoms with Gasteiger partial charge in [0.05, 0.1) is 32.0 Å². The van der Waals surface area contributed by atoms with Gasteiger partial charge in [0.2, 0.25) is 0 Å². The fraction of sp³-hybridized carbons (Fsp3) is 0.409. The Kier molecular flexibility index (Phi) is 6.73. The number of hydrogen-bond acceptors (Lipinski definition) is 7. The van der Waals surface area contributed by atoms with E-state index in [1.165, 1.54) is 6.07 Å². The second-order valence-electron chi connectivity index (χ2n) is 7.40. The van der Waals surface area contributed by atoms with Crippen molar-refractivity contribution < 1.29 is 13.9 Å². The van der Waals surface area contributed by atoms with Gasteiger partial charge in [0, 0.05) is 33.3 Å². The second-order valence-corrected chi connectivity index (χ2v) is 7.40. The quantitative estimate of drug-likeness (QED) is 0.548. The summed E-state index contributed by atoms with van der Waals surface area (Å²) in [6.07, 6.45) is 0. The molecule has 1 atom stereocenters. The molecule has 0 N–H and O–H groups in total. The number of anilines is 1. The van der Waals surface area contributed by atoms with Crippen LogP contribution >= 0.6 is 0 Å². The molecule has 0 spiro atoms. The van der Waals surface area contributed by atoms with Crippen LogP contribution in [0.25, 0.3) is 0 Å². The van der Waals surface area contributed by atoms with Crippen molar-refractivity contribution in [2.45, 2.75) is 12.6 Å². The van der Waals surface area contributed by atoms with E-state index in [0.29, 0.717) is 31.9 Å². The molecule has 1 aliphatic rings. The lowest BCUT2D eigenvalue weighted by Gasteiger charge is -2.40. The van der Waals surface area contributed by atoms with Crippen LogP contribution in [0.5, 0.6) is 5.75 Å². The molecule has 4 rings (SSSR count). The molecule has 2 heterocycles. The van der Waals surface area contributed by atoms with E-state index < -0.39 is 0 Å².